The summed E-state index contributed by atoms with van der Waals surface area (Å²) in [5, 5.41) is 0. The first-order valence-corrected chi connectivity index (χ1v) is 6.08. The average molecular weight is 286 g/mol. The molecule has 0 radical (unpaired) electrons. The molecular weight excluding hydrogens is 275 g/mol. The highest BCUT2D eigenvalue weighted by Crippen LogP contribution is 2.41. The second kappa shape index (κ2) is 6.26. The van der Waals surface area contributed by atoms with E-state index in [1.165, 1.54) is 6.07 Å². The van der Waals surface area contributed by atoms with Gasteiger partial charge in [0.05, 0.1) is 10.5 Å². The zero-order chi connectivity index (χ0) is 13.8. The Hall–Kier alpha value is -0.980. The van der Waals surface area contributed by atoms with Gasteiger partial charge in [-0.15, -0.1) is 11.8 Å². The van der Waals surface area contributed by atoms with Crippen LogP contribution < -0.4 is 4.74 Å². The van der Waals surface area contributed by atoms with E-state index in [4.69, 9.17) is 4.74 Å². The molecule has 0 bridgehead atoms. The molecule has 0 fully saturated rings. The molecule has 0 aliphatic carbocycles. The Balaban J connectivity index is 3.09. The van der Waals surface area contributed by atoms with Crippen LogP contribution in [0.2, 0.25) is 0 Å². The highest BCUT2D eigenvalue weighted by atomic mass is 32.2. The molecule has 0 spiro atoms. The molecule has 0 aromatic heterocycles. The van der Waals surface area contributed by atoms with Crippen LogP contribution in [0.5, 0.6) is 5.75 Å². The van der Waals surface area contributed by atoms with Crippen molar-refractivity contribution in [1.82, 2.24) is 0 Å². The van der Waals surface area contributed by atoms with Crippen molar-refractivity contribution in [3.63, 3.8) is 0 Å². The fourth-order valence-electron chi connectivity index (χ4n) is 1.30. The van der Waals surface area contributed by atoms with Crippen LogP contribution >= 0.6 is 11.8 Å². The zero-order valence-electron chi connectivity index (χ0n) is 9.43. The van der Waals surface area contributed by atoms with E-state index in [2.05, 4.69) is 0 Å². The third-order valence-corrected chi connectivity index (χ3v) is 2.94. The van der Waals surface area contributed by atoms with Crippen LogP contribution in [0.4, 0.5) is 22.0 Å². The molecule has 0 unspecified atom stereocenters. The Morgan fingerprint density at radius 2 is 1.94 bits per heavy atom. The van der Waals surface area contributed by atoms with Crippen molar-refractivity contribution >= 4 is 11.8 Å². The van der Waals surface area contributed by atoms with Crippen LogP contribution in [0.15, 0.2) is 23.1 Å². The van der Waals surface area contributed by atoms with Gasteiger partial charge in [0.2, 0.25) is 0 Å². The van der Waals surface area contributed by atoms with Gasteiger partial charge in [-0.25, -0.2) is 8.78 Å². The van der Waals surface area contributed by atoms with Crippen molar-refractivity contribution in [2.75, 3.05) is 12.4 Å². The molecule has 1 aromatic rings. The molecule has 102 valence electrons. The Morgan fingerprint density at radius 3 is 2.44 bits per heavy atom. The number of hydrogen-bond acceptors (Lipinski definition) is 2. The van der Waals surface area contributed by atoms with E-state index in [0.29, 0.717) is 5.75 Å². The SMILES string of the molecule is CCSc1c(OCC(F)F)cccc1C(F)(F)F. The largest absolute Gasteiger partial charge is 0.486 e. The monoisotopic (exact) mass is 286 g/mol. The normalized spacial score (nSPS) is 11.9. The lowest BCUT2D eigenvalue weighted by Crippen LogP contribution is -2.11. The predicted molar refractivity (Wildman–Crippen MR) is 59.3 cm³/mol. The molecule has 0 amide bonds. The van der Waals surface area contributed by atoms with Gasteiger partial charge in [0.15, 0.2) is 0 Å². The van der Waals surface area contributed by atoms with Gasteiger partial charge in [0, 0.05) is 0 Å². The van der Waals surface area contributed by atoms with E-state index >= 15 is 0 Å². The van der Waals surface area contributed by atoms with Crippen LogP contribution in [0.1, 0.15) is 12.5 Å². The van der Waals surface area contributed by atoms with Crippen LogP contribution in [0, 0.1) is 0 Å². The molecule has 0 saturated carbocycles. The number of benzene rings is 1. The van der Waals surface area contributed by atoms with Crippen LogP contribution in [-0.2, 0) is 6.18 Å². The van der Waals surface area contributed by atoms with Gasteiger partial charge in [0.1, 0.15) is 12.4 Å². The molecular formula is C11H11F5OS. The highest BCUT2D eigenvalue weighted by Gasteiger charge is 2.34. The van der Waals surface area contributed by atoms with Crippen LogP contribution in [0.3, 0.4) is 0 Å². The molecule has 1 aromatic carbocycles. The van der Waals surface area contributed by atoms with E-state index in [-0.39, 0.29) is 10.6 Å². The quantitative estimate of drug-likeness (QED) is 0.583. The van der Waals surface area contributed by atoms with Crippen molar-refractivity contribution in [3.8, 4) is 5.75 Å². The summed E-state index contributed by atoms with van der Waals surface area (Å²) in [5.41, 5.74) is -0.860. The van der Waals surface area contributed by atoms with Gasteiger partial charge in [-0.1, -0.05) is 13.0 Å². The summed E-state index contributed by atoms with van der Waals surface area (Å²) in [5.74, 6) is 0.231. The third kappa shape index (κ3) is 4.04. The van der Waals surface area contributed by atoms with Gasteiger partial charge in [0.25, 0.3) is 6.43 Å². The number of hydrogen-bond donors (Lipinski definition) is 0. The summed E-state index contributed by atoms with van der Waals surface area (Å²) in [6.45, 7) is 0.757. The molecule has 7 heteroatoms. The second-order valence-corrected chi connectivity index (χ2v) is 4.54. The Kier molecular flexibility index (Phi) is 5.25. The molecule has 0 atom stereocenters. The van der Waals surface area contributed by atoms with Crippen molar-refractivity contribution < 1.29 is 26.7 Å². The van der Waals surface area contributed by atoms with Gasteiger partial charge >= 0.3 is 6.18 Å². The highest BCUT2D eigenvalue weighted by molar-refractivity contribution is 7.99. The topological polar surface area (TPSA) is 9.23 Å². The van der Waals surface area contributed by atoms with Crippen LogP contribution in [0.25, 0.3) is 0 Å². The van der Waals surface area contributed by atoms with Crippen molar-refractivity contribution in [1.29, 1.82) is 0 Å². The van der Waals surface area contributed by atoms with Gasteiger partial charge < -0.3 is 4.74 Å². The Bertz CT molecular complexity index is 392. The fraction of sp³-hybridized carbons (Fsp3) is 0.455. The maximum Gasteiger partial charge on any atom is 0.417 e. The fourth-order valence-corrected chi connectivity index (χ4v) is 2.20. The lowest BCUT2D eigenvalue weighted by molar-refractivity contribution is -0.139. The van der Waals surface area contributed by atoms with Gasteiger partial charge in [-0.05, 0) is 17.9 Å². The number of halogens is 5. The van der Waals surface area contributed by atoms with Gasteiger partial charge in [-0.2, -0.15) is 13.2 Å². The predicted octanol–water partition coefficient (Wildman–Crippen LogP) is 4.46. The minimum atomic E-state index is -4.53. The smallest absolute Gasteiger partial charge is 0.417 e. The Morgan fingerprint density at radius 1 is 1.28 bits per heavy atom. The maximum atomic E-state index is 12.7. The van der Waals surface area contributed by atoms with E-state index < -0.39 is 24.8 Å². The first kappa shape index (κ1) is 15.1. The van der Waals surface area contributed by atoms with Gasteiger partial charge in [-0.3, -0.25) is 0 Å². The molecule has 0 aliphatic heterocycles. The molecule has 0 heterocycles. The lowest BCUT2D eigenvalue weighted by atomic mass is 10.2. The first-order chi connectivity index (χ1) is 8.36. The minimum absolute atomic E-state index is 0.145. The van der Waals surface area contributed by atoms with E-state index in [0.717, 1.165) is 23.9 Å². The van der Waals surface area contributed by atoms with Crippen molar-refractivity contribution in [3.05, 3.63) is 23.8 Å². The Labute approximate surface area is 105 Å². The zero-order valence-corrected chi connectivity index (χ0v) is 10.2. The third-order valence-electron chi connectivity index (χ3n) is 1.94. The molecule has 18 heavy (non-hydrogen) atoms. The summed E-state index contributed by atoms with van der Waals surface area (Å²) in [7, 11) is 0. The summed E-state index contributed by atoms with van der Waals surface area (Å²) in [6.07, 6.45) is -7.25. The molecule has 0 saturated heterocycles. The summed E-state index contributed by atoms with van der Waals surface area (Å²) >= 11 is 0.917. The number of ether oxygens (including phenoxy) is 1. The molecule has 1 nitrogen and oxygen atoms in total. The number of rotatable bonds is 5. The number of thioether (sulfide) groups is 1. The standard InChI is InChI=1S/C11H11F5OS/c1-2-18-10-7(11(14,15)16)4-3-5-8(10)17-6-9(12)13/h3-5,9H,2,6H2,1H3. The molecule has 0 aliphatic rings. The average Bonchev–Trinajstić information content (AvgIpc) is 2.26. The van der Waals surface area contributed by atoms with E-state index in [1.807, 2.05) is 0 Å². The van der Waals surface area contributed by atoms with E-state index in [1.54, 1.807) is 6.92 Å². The second-order valence-electron chi connectivity index (χ2n) is 3.27. The summed E-state index contributed by atoms with van der Waals surface area (Å²) in [4.78, 5) is -0.145. The van der Waals surface area contributed by atoms with Crippen molar-refractivity contribution in [2.45, 2.75) is 24.4 Å². The first-order valence-electron chi connectivity index (χ1n) is 5.10. The van der Waals surface area contributed by atoms with E-state index in [9.17, 15) is 22.0 Å². The van der Waals surface area contributed by atoms with Crippen LogP contribution in [-0.4, -0.2) is 18.8 Å². The summed E-state index contributed by atoms with van der Waals surface area (Å²) < 4.78 is 67.0. The summed E-state index contributed by atoms with van der Waals surface area (Å²) in [6, 6.07) is 3.31. The molecule has 0 N–H and O–H groups in total. The minimum Gasteiger partial charge on any atom is -0.486 e. The molecule has 1 rings (SSSR count). The lowest BCUT2D eigenvalue weighted by Gasteiger charge is -2.16. The maximum absolute atomic E-state index is 12.7. The number of alkyl halides is 5. The van der Waals surface area contributed by atoms with Crippen molar-refractivity contribution in [2.24, 2.45) is 0 Å².